The summed E-state index contributed by atoms with van der Waals surface area (Å²) in [5.74, 6) is 1.83. The molecule has 2 fully saturated rings. The molecule has 0 radical (unpaired) electrons. The molecule has 4 heteroatoms. The Hall–Kier alpha value is -1.16. The monoisotopic (exact) mass is 274 g/mol. The minimum atomic E-state index is 0.658. The molecule has 20 heavy (non-hydrogen) atoms. The van der Waals surface area contributed by atoms with E-state index in [2.05, 4.69) is 26.8 Å². The largest absolute Gasteiger partial charge is 0.338 e. The third-order valence-corrected chi connectivity index (χ3v) is 4.84. The minimum Gasteiger partial charge on any atom is -0.338 e. The standard InChI is InChI=1S/C16H26N4/c1-13-11-17-16(18-12-13)20-7-3-4-15(20)10-14-5-8-19(2)9-6-14/h11-12,14-15H,3-10H2,1-2H3. The fourth-order valence-corrected chi connectivity index (χ4v) is 3.56. The van der Waals surface area contributed by atoms with Crippen molar-refractivity contribution in [1.82, 2.24) is 14.9 Å². The van der Waals surface area contributed by atoms with Crippen LogP contribution < -0.4 is 4.90 Å². The first kappa shape index (κ1) is 13.8. The summed E-state index contributed by atoms with van der Waals surface area (Å²) in [4.78, 5) is 13.9. The molecule has 2 aliphatic heterocycles. The Balaban J connectivity index is 1.62. The Bertz CT molecular complexity index is 423. The van der Waals surface area contributed by atoms with Gasteiger partial charge in [0.1, 0.15) is 0 Å². The van der Waals surface area contributed by atoms with E-state index in [1.54, 1.807) is 0 Å². The quantitative estimate of drug-likeness (QED) is 0.847. The molecule has 110 valence electrons. The molecule has 1 aromatic heterocycles. The van der Waals surface area contributed by atoms with Gasteiger partial charge in [0.15, 0.2) is 0 Å². The van der Waals surface area contributed by atoms with Gasteiger partial charge in [-0.05, 0) is 70.6 Å². The molecule has 2 aliphatic rings. The lowest BCUT2D eigenvalue weighted by molar-refractivity contribution is 0.205. The molecule has 2 saturated heterocycles. The number of aryl methyl sites for hydroxylation is 1. The van der Waals surface area contributed by atoms with Gasteiger partial charge in [0, 0.05) is 25.0 Å². The maximum absolute atomic E-state index is 4.52. The van der Waals surface area contributed by atoms with E-state index in [9.17, 15) is 0 Å². The number of likely N-dealkylation sites (tertiary alicyclic amines) is 1. The molecule has 0 aliphatic carbocycles. The number of hydrogen-bond acceptors (Lipinski definition) is 4. The molecule has 0 bridgehead atoms. The van der Waals surface area contributed by atoms with Crippen molar-refractivity contribution in [1.29, 1.82) is 0 Å². The van der Waals surface area contributed by atoms with Crippen molar-refractivity contribution >= 4 is 5.95 Å². The summed E-state index contributed by atoms with van der Waals surface area (Å²) in [5, 5.41) is 0. The van der Waals surface area contributed by atoms with Crippen molar-refractivity contribution in [3.8, 4) is 0 Å². The highest BCUT2D eigenvalue weighted by Crippen LogP contribution is 2.30. The predicted molar refractivity (Wildman–Crippen MR) is 82.0 cm³/mol. The lowest BCUT2D eigenvalue weighted by Crippen LogP contribution is -2.36. The van der Waals surface area contributed by atoms with Crippen LogP contribution in [0.15, 0.2) is 12.4 Å². The molecule has 0 saturated carbocycles. The summed E-state index contributed by atoms with van der Waals surface area (Å²) in [5.41, 5.74) is 1.14. The highest BCUT2D eigenvalue weighted by Gasteiger charge is 2.29. The van der Waals surface area contributed by atoms with Gasteiger partial charge in [-0.15, -0.1) is 0 Å². The van der Waals surface area contributed by atoms with E-state index < -0.39 is 0 Å². The average Bonchev–Trinajstić information content (AvgIpc) is 2.90. The van der Waals surface area contributed by atoms with Gasteiger partial charge in [-0.25, -0.2) is 9.97 Å². The van der Waals surface area contributed by atoms with Gasteiger partial charge in [-0.1, -0.05) is 0 Å². The van der Waals surface area contributed by atoms with Crippen molar-refractivity contribution in [2.75, 3.05) is 31.6 Å². The van der Waals surface area contributed by atoms with Gasteiger partial charge in [0.05, 0.1) is 0 Å². The van der Waals surface area contributed by atoms with Gasteiger partial charge >= 0.3 is 0 Å². The number of anilines is 1. The lowest BCUT2D eigenvalue weighted by Gasteiger charge is -2.33. The van der Waals surface area contributed by atoms with Crippen LogP contribution in [-0.2, 0) is 0 Å². The SMILES string of the molecule is Cc1cnc(N2CCCC2CC2CCN(C)CC2)nc1. The van der Waals surface area contributed by atoms with Crippen molar-refractivity contribution in [3.63, 3.8) is 0 Å². The summed E-state index contributed by atoms with van der Waals surface area (Å²) >= 11 is 0. The Kier molecular flexibility index (Phi) is 4.20. The van der Waals surface area contributed by atoms with Gasteiger partial charge < -0.3 is 9.80 Å². The van der Waals surface area contributed by atoms with Crippen LogP contribution in [0.2, 0.25) is 0 Å². The highest BCUT2D eigenvalue weighted by atomic mass is 15.3. The van der Waals surface area contributed by atoms with Gasteiger partial charge in [-0.3, -0.25) is 0 Å². The third-order valence-electron chi connectivity index (χ3n) is 4.84. The number of rotatable bonds is 3. The summed E-state index contributed by atoms with van der Waals surface area (Å²) in [7, 11) is 2.23. The van der Waals surface area contributed by atoms with Crippen LogP contribution in [0.4, 0.5) is 5.95 Å². The van der Waals surface area contributed by atoms with Crippen LogP contribution in [0.25, 0.3) is 0 Å². The maximum Gasteiger partial charge on any atom is 0.225 e. The summed E-state index contributed by atoms with van der Waals surface area (Å²) in [6.07, 6.45) is 10.5. The van der Waals surface area contributed by atoms with Crippen molar-refractivity contribution in [2.45, 2.75) is 45.1 Å². The Labute approximate surface area is 122 Å². The second kappa shape index (κ2) is 6.08. The second-order valence-electron chi connectivity index (χ2n) is 6.53. The summed E-state index contributed by atoms with van der Waals surface area (Å²) in [6.45, 7) is 5.70. The molecular weight excluding hydrogens is 248 g/mol. The molecule has 3 rings (SSSR count). The molecule has 0 spiro atoms. The highest BCUT2D eigenvalue weighted by molar-refractivity contribution is 5.33. The van der Waals surface area contributed by atoms with Crippen LogP contribution in [0, 0.1) is 12.8 Å². The molecule has 0 N–H and O–H groups in total. The van der Waals surface area contributed by atoms with Crippen LogP contribution in [0.5, 0.6) is 0 Å². The number of piperidine rings is 1. The fourth-order valence-electron chi connectivity index (χ4n) is 3.56. The zero-order valence-electron chi connectivity index (χ0n) is 12.8. The van der Waals surface area contributed by atoms with Crippen LogP contribution >= 0.6 is 0 Å². The molecular formula is C16H26N4. The molecule has 1 aromatic rings. The summed E-state index contributed by atoms with van der Waals surface area (Å²) in [6, 6.07) is 0.658. The van der Waals surface area contributed by atoms with E-state index in [4.69, 9.17) is 0 Å². The smallest absolute Gasteiger partial charge is 0.225 e. The fraction of sp³-hybridized carbons (Fsp3) is 0.750. The predicted octanol–water partition coefficient (Wildman–Crippen LogP) is 2.49. The first-order valence-corrected chi connectivity index (χ1v) is 7.96. The van der Waals surface area contributed by atoms with Gasteiger partial charge in [-0.2, -0.15) is 0 Å². The van der Waals surface area contributed by atoms with Crippen LogP contribution in [0.3, 0.4) is 0 Å². The van der Waals surface area contributed by atoms with E-state index in [0.29, 0.717) is 6.04 Å². The first-order chi connectivity index (χ1) is 9.72. The number of nitrogens with zero attached hydrogens (tertiary/aromatic N) is 4. The van der Waals surface area contributed by atoms with Crippen molar-refractivity contribution < 1.29 is 0 Å². The third kappa shape index (κ3) is 3.11. The van der Waals surface area contributed by atoms with Crippen molar-refractivity contribution in [2.24, 2.45) is 5.92 Å². The molecule has 1 atom stereocenters. The van der Waals surface area contributed by atoms with E-state index in [1.807, 2.05) is 19.3 Å². The maximum atomic E-state index is 4.52. The zero-order chi connectivity index (χ0) is 13.9. The normalized spacial score (nSPS) is 25.3. The Morgan fingerprint density at radius 2 is 1.80 bits per heavy atom. The number of hydrogen-bond donors (Lipinski definition) is 0. The molecule has 3 heterocycles. The topological polar surface area (TPSA) is 32.3 Å². The van der Waals surface area contributed by atoms with Crippen LogP contribution in [0.1, 0.15) is 37.7 Å². The first-order valence-electron chi connectivity index (χ1n) is 7.96. The number of aromatic nitrogens is 2. The minimum absolute atomic E-state index is 0.658. The van der Waals surface area contributed by atoms with Crippen molar-refractivity contribution in [3.05, 3.63) is 18.0 Å². The van der Waals surface area contributed by atoms with Gasteiger partial charge in [0.25, 0.3) is 0 Å². The lowest BCUT2D eigenvalue weighted by atomic mass is 9.89. The van der Waals surface area contributed by atoms with Gasteiger partial charge in [0.2, 0.25) is 5.95 Å². The Morgan fingerprint density at radius 1 is 1.10 bits per heavy atom. The molecule has 1 unspecified atom stereocenters. The summed E-state index contributed by atoms with van der Waals surface area (Å²) < 4.78 is 0. The van der Waals surface area contributed by atoms with E-state index in [1.165, 1.54) is 45.2 Å². The molecule has 0 amide bonds. The molecule has 0 aromatic carbocycles. The average molecular weight is 274 g/mol. The van der Waals surface area contributed by atoms with E-state index >= 15 is 0 Å². The van der Waals surface area contributed by atoms with Crippen LogP contribution in [-0.4, -0.2) is 47.6 Å². The zero-order valence-corrected chi connectivity index (χ0v) is 12.8. The van der Waals surface area contributed by atoms with E-state index in [-0.39, 0.29) is 0 Å². The molecule has 4 nitrogen and oxygen atoms in total. The Morgan fingerprint density at radius 3 is 2.50 bits per heavy atom. The van der Waals surface area contributed by atoms with E-state index in [0.717, 1.165) is 24.0 Å². The second-order valence-corrected chi connectivity index (χ2v) is 6.53.